The molecule has 7 heteroatoms. The summed E-state index contributed by atoms with van der Waals surface area (Å²) in [5.74, 6) is -0.0254. The van der Waals surface area contributed by atoms with Gasteiger partial charge in [-0.3, -0.25) is 14.9 Å². The van der Waals surface area contributed by atoms with Crippen LogP contribution in [0.1, 0.15) is 26.2 Å². The number of imide groups is 1. The van der Waals surface area contributed by atoms with Gasteiger partial charge in [-0.1, -0.05) is 6.92 Å². The van der Waals surface area contributed by atoms with E-state index in [0.29, 0.717) is 32.5 Å². The number of carbonyl (C=O) groups excluding carboxylic acids is 3. The second-order valence-corrected chi connectivity index (χ2v) is 5.87. The van der Waals surface area contributed by atoms with Crippen LogP contribution in [0.2, 0.25) is 0 Å². The maximum Gasteiger partial charge on any atom is 0.322 e. The number of ether oxygens (including phenoxy) is 1. The second kappa shape index (κ2) is 4.73. The minimum absolute atomic E-state index is 0.00887. The van der Waals surface area contributed by atoms with Crippen molar-refractivity contribution in [2.24, 2.45) is 5.92 Å². The fourth-order valence-electron chi connectivity index (χ4n) is 3.18. The number of likely N-dealkylation sites (tertiary alicyclic amines) is 1. The van der Waals surface area contributed by atoms with Gasteiger partial charge in [-0.2, -0.15) is 0 Å². The Morgan fingerprint density at radius 2 is 2.05 bits per heavy atom. The first kappa shape index (κ1) is 13.4. The van der Waals surface area contributed by atoms with Gasteiger partial charge in [0.15, 0.2) is 0 Å². The maximum atomic E-state index is 12.4. The van der Waals surface area contributed by atoms with E-state index in [0.717, 1.165) is 6.42 Å². The molecule has 3 aliphatic heterocycles. The molecule has 0 aromatic heterocycles. The maximum absolute atomic E-state index is 12.4. The van der Waals surface area contributed by atoms with Crippen molar-refractivity contribution in [2.75, 3.05) is 19.7 Å². The molecule has 0 aliphatic carbocycles. The van der Waals surface area contributed by atoms with Gasteiger partial charge in [-0.15, -0.1) is 0 Å². The van der Waals surface area contributed by atoms with Crippen molar-refractivity contribution < 1.29 is 19.1 Å². The van der Waals surface area contributed by atoms with E-state index in [4.69, 9.17) is 4.74 Å². The molecule has 3 rings (SSSR count). The molecule has 0 aromatic carbocycles. The Kier molecular flexibility index (Phi) is 3.16. The van der Waals surface area contributed by atoms with E-state index in [2.05, 4.69) is 10.6 Å². The monoisotopic (exact) mass is 281 g/mol. The number of hydrogen-bond donors (Lipinski definition) is 2. The molecule has 3 heterocycles. The van der Waals surface area contributed by atoms with E-state index in [9.17, 15) is 14.4 Å². The number of nitrogens with zero attached hydrogens (tertiary/aromatic N) is 1. The van der Waals surface area contributed by atoms with Crippen LogP contribution in [0.5, 0.6) is 0 Å². The third-order valence-electron chi connectivity index (χ3n) is 4.57. The lowest BCUT2D eigenvalue weighted by Crippen LogP contribution is -2.57. The van der Waals surface area contributed by atoms with E-state index in [1.165, 1.54) is 0 Å². The lowest BCUT2D eigenvalue weighted by Gasteiger charge is -2.38. The van der Waals surface area contributed by atoms with E-state index in [1.807, 2.05) is 6.92 Å². The van der Waals surface area contributed by atoms with Gasteiger partial charge in [0.05, 0.1) is 0 Å². The Morgan fingerprint density at radius 1 is 1.35 bits per heavy atom. The number of piperidine rings is 1. The molecule has 4 amide bonds. The average molecular weight is 281 g/mol. The van der Waals surface area contributed by atoms with Gasteiger partial charge in [0, 0.05) is 19.7 Å². The standard InChI is InChI=1S/C13H19N3O4/c1-8-2-7-20-9(8)10(17)16-5-3-13(4-6-16)11(18)14-12(19)15-13/h8-9H,2-7H2,1H3,(H2,14,15,18,19). The summed E-state index contributed by atoms with van der Waals surface area (Å²) in [5.41, 5.74) is -0.823. The Labute approximate surface area is 117 Å². The topological polar surface area (TPSA) is 87.7 Å². The smallest absolute Gasteiger partial charge is 0.322 e. The number of hydrogen-bond acceptors (Lipinski definition) is 4. The first-order valence-electron chi connectivity index (χ1n) is 7.06. The predicted molar refractivity (Wildman–Crippen MR) is 68.7 cm³/mol. The van der Waals surface area contributed by atoms with Crippen molar-refractivity contribution in [3.63, 3.8) is 0 Å². The molecule has 3 aliphatic rings. The summed E-state index contributed by atoms with van der Waals surface area (Å²) >= 11 is 0. The Hall–Kier alpha value is -1.63. The Morgan fingerprint density at radius 3 is 2.55 bits per heavy atom. The number of amides is 4. The molecule has 2 unspecified atom stereocenters. The van der Waals surface area contributed by atoms with Crippen molar-refractivity contribution in [1.29, 1.82) is 0 Å². The summed E-state index contributed by atoms with van der Waals surface area (Å²) in [4.78, 5) is 37.2. The van der Waals surface area contributed by atoms with Gasteiger partial charge in [0.1, 0.15) is 11.6 Å². The molecule has 0 bridgehead atoms. The normalized spacial score (nSPS) is 32.4. The molecular weight excluding hydrogens is 262 g/mol. The zero-order chi connectivity index (χ0) is 14.3. The lowest BCUT2D eigenvalue weighted by molar-refractivity contribution is -0.145. The molecular formula is C13H19N3O4. The van der Waals surface area contributed by atoms with Crippen LogP contribution in [0, 0.1) is 5.92 Å². The third kappa shape index (κ3) is 2.06. The lowest BCUT2D eigenvalue weighted by atomic mass is 9.87. The molecule has 20 heavy (non-hydrogen) atoms. The van der Waals surface area contributed by atoms with Crippen molar-refractivity contribution in [1.82, 2.24) is 15.5 Å². The van der Waals surface area contributed by atoms with Crippen LogP contribution in [0.15, 0.2) is 0 Å². The summed E-state index contributed by atoms with van der Waals surface area (Å²) in [5, 5.41) is 4.95. The van der Waals surface area contributed by atoms with Crippen LogP contribution >= 0.6 is 0 Å². The Balaban J connectivity index is 1.63. The van der Waals surface area contributed by atoms with E-state index >= 15 is 0 Å². The average Bonchev–Trinajstić information content (AvgIpc) is 2.95. The number of carbonyl (C=O) groups is 3. The fourth-order valence-corrected chi connectivity index (χ4v) is 3.18. The van der Waals surface area contributed by atoms with Crippen molar-refractivity contribution >= 4 is 17.8 Å². The van der Waals surface area contributed by atoms with Crippen LogP contribution in [0.25, 0.3) is 0 Å². The summed E-state index contributed by atoms with van der Waals surface area (Å²) in [6.07, 6.45) is 1.47. The second-order valence-electron chi connectivity index (χ2n) is 5.87. The molecule has 3 fully saturated rings. The first-order valence-corrected chi connectivity index (χ1v) is 7.06. The number of nitrogens with one attached hydrogen (secondary N) is 2. The van der Waals surface area contributed by atoms with Crippen molar-refractivity contribution in [3.05, 3.63) is 0 Å². The molecule has 110 valence electrons. The zero-order valence-electron chi connectivity index (χ0n) is 11.5. The largest absolute Gasteiger partial charge is 0.368 e. The molecule has 0 saturated carbocycles. The van der Waals surface area contributed by atoms with Crippen molar-refractivity contribution in [2.45, 2.75) is 37.8 Å². The van der Waals surface area contributed by atoms with Gasteiger partial charge in [-0.05, 0) is 25.2 Å². The molecule has 0 aromatic rings. The van der Waals surface area contributed by atoms with Gasteiger partial charge in [0.25, 0.3) is 11.8 Å². The number of rotatable bonds is 1. The molecule has 1 spiro atoms. The predicted octanol–water partition coefficient (Wildman–Crippen LogP) is -0.388. The van der Waals surface area contributed by atoms with Crippen LogP contribution in [0.3, 0.4) is 0 Å². The van der Waals surface area contributed by atoms with Crippen LogP contribution in [0.4, 0.5) is 4.79 Å². The van der Waals surface area contributed by atoms with E-state index < -0.39 is 11.6 Å². The summed E-state index contributed by atoms with van der Waals surface area (Å²) in [6, 6.07) is -0.442. The summed E-state index contributed by atoms with van der Waals surface area (Å²) < 4.78 is 5.50. The minimum atomic E-state index is -0.823. The summed E-state index contributed by atoms with van der Waals surface area (Å²) in [7, 11) is 0. The molecule has 0 radical (unpaired) electrons. The van der Waals surface area contributed by atoms with E-state index in [1.54, 1.807) is 4.90 Å². The minimum Gasteiger partial charge on any atom is -0.368 e. The molecule has 3 saturated heterocycles. The van der Waals surface area contributed by atoms with Gasteiger partial charge < -0.3 is 15.0 Å². The molecule has 2 atom stereocenters. The highest BCUT2D eigenvalue weighted by Crippen LogP contribution is 2.28. The van der Waals surface area contributed by atoms with Gasteiger partial charge in [-0.25, -0.2) is 4.79 Å². The highest BCUT2D eigenvalue weighted by Gasteiger charge is 2.49. The highest BCUT2D eigenvalue weighted by molar-refractivity contribution is 6.07. The zero-order valence-corrected chi connectivity index (χ0v) is 11.5. The Bertz CT molecular complexity index is 457. The van der Waals surface area contributed by atoms with Gasteiger partial charge >= 0.3 is 6.03 Å². The molecule has 7 nitrogen and oxygen atoms in total. The SMILES string of the molecule is CC1CCOC1C(=O)N1CCC2(CC1)NC(=O)NC2=O. The quantitative estimate of drug-likeness (QED) is 0.641. The van der Waals surface area contributed by atoms with Crippen LogP contribution < -0.4 is 10.6 Å². The molecule has 2 N–H and O–H groups in total. The van der Waals surface area contributed by atoms with Crippen molar-refractivity contribution in [3.8, 4) is 0 Å². The summed E-state index contributed by atoms with van der Waals surface area (Å²) in [6.45, 7) is 3.59. The fraction of sp³-hybridized carbons (Fsp3) is 0.769. The van der Waals surface area contributed by atoms with E-state index in [-0.39, 0.29) is 23.8 Å². The van der Waals surface area contributed by atoms with Crippen LogP contribution in [-0.2, 0) is 14.3 Å². The van der Waals surface area contributed by atoms with Gasteiger partial charge in [0.2, 0.25) is 0 Å². The number of urea groups is 1. The first-order chi connectivity index (χ1) is 9.52. The highest BCUT2D eigenvalue weighted by atomic mass is 16.5. The third-order valence-corrected chi connectivity index (χ3v) is 4.57. The van der Waals surface area contributed by atoms with Crippen LogP contribution in [-0.4, -0.2) is 54.1 Å².